The predicted molar refractivity (Wildman–Crippen MR) is 101 cm³/mol. The summed E-state index contributed by atoms with van der Waals surface area (Å²) in [5.41, 5.74) is 1.35. The van der Waals surface area contributed by atoms with Crippen molar-refractivity contribution in [3.05, 3.63) is 82.5 Å². The van der Waals surface area contributed by atoms with Crippen LogP contribution in [-0.4, -0.2) is 9.97 Å². The summed E-state index contributed by atoms with van der Waals surface area (Å²) in [5.74, 6) is 0.308. The second kappa shape index (κ2) is 5.39. The van der Waals surface area contributed by atoms with Crippen molar-refractivity contribution < 1.29 is 4.39 Å². The largest absolute Gasteiger partial charge is 0.360 e. The Hall–Kier alpha value is -3.21. The second-order valence-corrected chi connectivity index (χ2v) is 6.79. The van der Waals surface area contributed by atoms with E-state index in [2.05, 4.69) is 22.4 Å². The van der Waals surface area contributed by atoms with Gasteiger partial charge in [-0.15, -0.1) is 0 Å². The van der Waals surface area contributed by atoms with Crippen LogP contribution in [0.3, 0.4) is 0 Å². The molecule has 1 fully saturated rings. The fraction of sp³-hybridized carbons (Fsp3) is 0.143. The standard InChI is InChI=1S/C21H16FN3O/c22-14-6-7-15-16(12-14)18-17(8-11-23-20(18)26)24-19(15)25-21(9-10-21)13-4-2-1-3-5-13/h1-8,11-12H,9-10H2,(H,23,26)(H,24,25). The van der Waals surface area contributed by atoms with Gasteiger partial charge in [0.25, 0.3) is 5.56 Å². The maximum absolute atomic E-state index is 13.9. The van der Waals surface area contributed by atoms with Gasteiger partial charge in [0.2, 0.25) is 0 Å². The molecule has 0 atom stereocenters. The predicted octanol–water partition coefficient (Wildman–Crippen LogP) is 4.32. The molecule has 2 aromatic carbocycles. The zero-order valence-corrected chi connectivity index (χ0v) is 13.9. The van der Waals surface area contributed by atoms with E-state index in [1.165, 1.54) is 17.7 Å². The molecule has 0 radical (unpaired) electrons. The number of nitrogens with one attached hydrogen (secondary N) is 2. The summed E-state index contributed by atoms with van der Waals surface area (Å²) in [4.78, 5) is 19.6. The summed E-state index contributed by atoms with van der Waals surface area (Å²) in [6.07, 6.45) is 3.58. The summed E-state index contributed by atoms with van der Waals surface area (Å²) in [5, 5.41) is 5.31. The average Bonchev–Trinajstić information content (AvgIpc) is 3.43. The Kier molecular flexibility index (Phi) is 3.13. The third-order valence-corrected chi connectivity index (χ3v) is 5.11. The van der Waals surface area contributed by atoms with Gasteiger partial charge in [-0.05, 0) is 42.7 Å². The minimum atomic E-state index is -0.372. The quantitative estimate of drug-likeness (QED) is 0.544. The molecule has 5 heteroatoms. The van der Waals surface area contributed by atoms with Gasteiger partial charge in [0.1, 0.15) is 11.6 Å². The van der Waals surface area contributed by atoms with Crippen molar-refractivity contribution in [2.75, 3.05) is 5.32 Å². The smallest absolute Gasteiger partial charge is 0.258 e. The van der Waals surface area contributed by atoms with Gasteiger partial charge < -0.3 is 10.3 Å². The van der Waals surface area contributed by atoms with E-state index in [1.807, 2.05) is 18.2 Å². The van der Waals surface area contributed by atoms with Crippen molar-refractivity contribution in [1.29, 1.82) is 0 Å². The van der Waals surface area contributed by atoms with Gasteiger partial charge in [0.15, 0.2) is 0 Å². The van der Waals surface area contributed by atoms with Gasteiger partial charge >= 0.3 is 0 Å². The van der Waals surface area contributed by atoms with Gasteiger partial charge in [-0.25, -0.2) is 9.37 Å². The molecule has 0 bridgehead atoms. The highest BCUT2D eigenvalue weighted by atomic mass is 19.1. The summed E-state index contributed by atoms with van der Waals surface area (Å²) in [6, 6.07) is 16.5. The molecule has 1 aliphatic rings. The number of aromatic nitrogens is 2. The number of pyridine rings is 2. The van der Waals surface area contributed by atoms with Crippen LogP contribution in [0.2, 0.25) is 0 Å². The van der Waals surface area contributed by atoms with Crippen LogP contribution in [0.4, 0.5) is 10.2 Å². The van der Waals surface area contributed by atoms with Crippen LogP contribution < -0.4 is 10.9 Å². The molecule has 2 heterocycles. The summed E-state index contributed by atoms with van der Waals surface area (Å²) < 4.78 is 13.9. The third-order valence-electron chi connectivity index (χ3n) is 5.11. The monoisotopic (exact) mass is 345 g/mol. The maximum Gasteiger partial charge on any atom is 0.258 e. The molecule has 0 spiro atoms. The lowest BCUT2D eigenvalue weighted by Gasteiger charge is -2.20. The number of hydrogen-bond acceptors (Lipinski definition) is 3. The molecule has 0 aliphatic heterocycles. The van der Waals surface area contributed by atoms with Crippen molar-refractivity contribution in [3.63, 3.8) is 0 Å². The average molecular weight is 345 g/mol. The van der Waals surface area contributed by atoms with Gasteiger partial charge in [-0.2, -0.15) is 0 Å². The summed E-state index contributed by atoms with van der Waals surface area (Å²) >= 11 is 0. The lowest BCUT2D eigenvalue weighted by atomic mass is 10.0. The normalized spacial score (nSPS) is 15.3. The van der Waals surface area contributed by atoms with E-state index >= 15 is 0 Å². The second-order valence-electron chi connectivity index (χ2n) is 6.79. The van der Waals surface area contributed by atoms with Gasteiger partial charge in [-0.3, -0.25) is 4.79 Å². The van der Waals surface area contributed by atoms with Crippen LogP contribution in [0, 0.1) is 5.82 Å². The topological polar surface area (TPSA) is 57.8 Å². The van der Waals surface area contributed by atoms with Gasteiger partial charge in [-0.1, -0.05) is 30.3 Å². The number of anilines is 1. The number of fused-ring (bicyclic) bond motifs is 3. The van der Waals surface area contributed by atoms with E-state index in [0.717, 1.165) is 18.2 Å². The zero-order chi connectivity index (χ0) is 17.7. The first-order valence-electron chi connectivity index (χ1n) is 8.61. The number of nitrogens with zero attached hydrogens (tertiary/aromatic N) is 1. The Morgan fingerprint density at radius 2 is 1.85 bits per heavy atom. The molecule has 0 unspecified atom stereocenters. The summed E-state index contributed by atoms with van der Waals surface area (Å²) in [7, 11) is 0. The molecule has 5 rings (SSSR count). The van der Waals surface area contributed by atoms with Gasteiger partial charge in [0.05, 0.1) is 16.4 Å². The van der Waals surface area contributed by atoms with Crippen LogP contribution in [-0.2, 0) is 5.54 Å². The lowest BCUT2D eigenvalue weighted by Crippen LogP contribution is -2.20. The first kappa shape index (κ1) is 15.1. The SMILES string of the molecule is O=c1[nH]ccc2nc(NC3(c4ccccc4)CC3)c3ccc(F)cc3c12. The Morgan fingerprint density at radius 3 is 2.62 bits per heavy atom. The molecule has 0 amide bonds. The van der Waals surface area contributed by atoms with E-state index in [0.29, 0.717) is 22.1 Å². The Bertz CT molecular complexity index is 1200. The fourth-order valence-corrected chi connectivity index (χ4v) is 3.62. The number of benzene rings is 2. The van der Waals surface area contributed by atoms with E-state index in [4.69, 9.17) is 4.98 Å². The molecule has 0 saturated heterocycles. The van der Waals surface area contributed by atoms with E-state index < -0.39 is 0 Å². The van der Waals surface area contributed by atoms with Crippen LogP contribution in [0.5, 0.6) is 0 Å². The zero-order valence-electron chi connectivity index (χ0n) is 13.9. The number of rotatable bonds is 3. The minimum Gasteiger partial charge on any atom is -0.360 e. The third kappa shape index (κ3) is 2.28. The Labute approximate surface area is 148 Å². The number of H-pyrrole nitrogens is 1. The first-order chi connectivity index (χ1) is 12.7. The minimum absolute atomic E-state index is 0.148. The molecule has 2 N–H and O–H groups in total. The highest BCUT2D eigenvalue weighted by Gasteiger charge is 2.44. The Morgan fingerprint density at radius 1 is 1.04 bits per heavy atom. The van der Waals surface area contributed by atoms with Crippen LogP contribution in [0.1, 0.15) is 18.4 Å². The van der Waals surface area contributed by atoms with Crippen molar-refractivity contribution >= 4 is 27.5 Å². The van der Waals surface area contributed by atoms with Gasteiger partial charge in [0, 0.05) is 17.0 Å². The molecule has 26 heavy (non-hydrogen) atoms. The number of halogens is 1. The molecule has 1 saturated carbocycles. The van der Waals surface area contributed by atoms with Crippen LogP contribution in [0.25, 0.3) is 21.7 Å². The van der Waals surface area contributed by atoms with Crippen LogP contribution in [0.15, 0.2) is 65.6 Å². The molecular formula is C21H16FN3O. The molecule has 4 aromatic rings. The first-order valence-corrected chi connectivity index (χ1v) is 8.61. The van der Waals surface area contributed by atoms with Crippen molar-refractivity contribution in [2.24, 2.45) is 0 Å². The fourth-order valence-electron chi connectivity index (χ4n) is 3.62. The van der Waals surface area contributed by atoms with E-state index in [1.54, 1.807) is 18.3 Å². The van der Waals surface area contributed by atoms with Crippen molar-refractivity contribution in [1.82, 2.24) is 9.97 Å². The molecule has 2 aromatic heterocycles. The van der Waals surface area contributed by atoms with E-state index in [9.17, 15) is 9.18 Å². The Balaban J connectivity index is 1.74. The lowest BCUT2D eigenvalue weighted by molar-refractivity contribution is 0.630. The molecule has 128 valence electrons. The van der Waals surface area contributed by atoms with Crippen molar-refractivity contribution in [2.45, 2.75) is 18.4 Å². The summed E-state index contributed by atoms with van der Waals surface area (Å²) in [6.45, 7) is 0. The number of hydrogen-bond donors (Lipinski definition) is 2. The van der Waals surface area contributed by atoms with Crippen molar-refractivity contribution in [3.8, 4) is 0 Å². The highest BCUT2D eigenvalue weighted by Crippen LogP contribution is 2.48. The number of aromatic amines is 1. The molecular weight excluding hydrogens is 329 g/mol. The highest BCUT2D eigenvalue weighted by molar-refractivity contribution is 6.09. The molecule has 4 nitrogen and oxygen atoms in total. The molecule has 1 aliphatic carbocycles. The maximum atomic E-state index is 13.9. The van der Waals surface area contributed by atoms with E-state index in [-0.39, 0.29) is 16.9 Å². The van der Waals surface area contributed by atoms with Crippen LogP contribution >= 0.6 is 0 Å².